The van der Waals surface area contributed by atoms with Gasteiger partial charge >= 0.3 is 31.7 Å². The summed E-state index contributed by atoms with van der Waals surface area (Å²) >= 11 is 0. The zero-order valence-corrected chi connectivity index (χ0v) is 22.8. The smallest absolute Gasteiger partial charge is 0.462 e. The minimum atomic E-state index is -5.14. The van der Waals surface area contributed by atoms with Crippen molar-refractivity contribution in [2.24, 2.45) is 0 Å². The predicted molar refractivity (Wildman–Crippen MR) is 135 cm³/mol. The van der Waals surface area contributed by atoms with Crippen LogP contribution in [0.2, 0.25) is 0 Å². The fourth-order valence-electron chi connectivity index (χ4n) is 3.13. The number of ether oxygens (including phenoxy) is 4. The highest BCUT2D eigenvalue weighted by Crippen LogP contribution is 2.41. The van der Waals surface area contributed by atoms with Crippen LogP contribution < -0.4 is 0 Å². The van der Waals surface area contributed by atoms with Crippen LogP contribution in [0.25, 0.3) is 0 Å². The van der Waals surface area contributed by atoms with E-state index in [0.29, 0.717) is 0 Å². The third-order valence-corrected chi connectivity index (χ3v) is 5.31. The second-order valence-electron chi connectivity index (χ2n) is 8.39. The molecule has 0 aromatic carbocycles. The third kappa shape index (κ3) is 15.0. The largest absolute Gasteiger partial charge is 0.469 e. The van der Waals surface area contributed by atoms with Crippen molar-refractivity contribution >= 4 is 31.7 Å². The average molecular weight is 573 g/mol. The van der Waals surface area contributed by atoms with Crippen molar-refractivity contribution in [3.63, 3.8) is 0 Å². The monoisotopic (exact) mass is 572 g/mol. The summed E-state index contributed by atoms with van der Waals surface area (Å²) in [5, 5.41) is 11.1. The van der Waals surface area contributed by atoms with Crippen LogP contribution in [-0.4, -0.2) is 75.4 Å². The topological polar surface area (TPSA) is 192 Å². The maximum Gasteiger partial charge on any atom is 0.469 e. The van der Waals surface area contributed by atoms with Crippen LogP contribution in [0.5, 0.6) is 0 Å². The molecule has 0 aromatic heterocycles. The Labute approximate surface area is 225 Å². The van der Waals surface area contributed by atoms with Crippen molar-refractivity contribution in [3.05, 3.63) is 60.8 Å². The van der Waals surface area contributed by atoms with E-state index in [-0.39, 0.29) is 6.61 Å². The molecule has 1 rings (SSSR count). The number of carbonyl (C=O) groups excluding carboxylic acids is 4. The number of hydrogen-bond donors (Lipinski definition) is 3. The highest BCUT2D eigenvalue weighted by molar-refractivity contribution is 7.46. The number of rotatable bonds is 14. The van der Waals surface area contributed by atoms with Gasteiger partial charge in [-0.05, 0) is 31.2 Å². The molecule has 3 N–H and O–H groups in total. The van der Waals surface area contributed by atoms with Crippen molar-refractivity contribution < 1.29 is 62.1 Å². The first-order valence-corrected chi connectivity index (χ1v) is 13.1. The second kappa shape index (κ2) is 15.9. The van der Waals surface area contributed by atoms with Crippen molar-refractivity contribution in [2.75, 3.05) is 6.61 Å². The van der Waals surface area contributed by atoms with Crippen LogP contribution in [0.3, 0.4) is 0 Å². The van der Waals surface area contributed by atoms with E-state index in [9.17, 15) is 38.6 Å². The lowest BCUT2D eigenvalue weighted by atomic mass is 9.92. The fourth-order valence-corrected chi connectivity index (χ4v) is 3.76. The van der Waals surface area contributed by atoms with Gasteiger partial charge in [0.15, 0.2) is 12.2 Å². The molecule has 0 saturated carbocycles. The summed E-state index contributed by atoms with van der Waals surface area (Å²) in [7, 11) is -5.14. The Balaban J connectivity index is 3.11. The summed E-state index contributed by atoms with van der Waals surface area (Å²) in [4.78, 5) is 64.2. The third-order valence-electron chi connectivity index (χ3n) is 4.78. The molecular formula is C25H33O13P. The van der Waals surface area contributed by atoms with Gasteiger partial charge < -0.3 is 33.8 Å². The summed E-state index contributed by atoms with van der Waals surface area (Å²) in [6.07, 6.45) is 8.57. The number of aliphatic hydroxyl groups is 1. The number of cyclic esters (lactones) is 1. The average Bonchev–Trinajstić information content (AvgIpc) is 2.78. The standard InChI is InChI=1S/C25H33O13P/c1-17(26)34-15-9-7-5-6-8-10-20(35-18(2)27)16-23(38-39(31,32)33)25(4,30)14-13-22-21(36-19(3)28)11-12-24(29)37-22/h5-14,20-23,30H,15-16H2,1-4H3,(H2,31,32,33)/b6-5-,9-7+,10-8-,14-13+/t20-,21-,22-,23+,25+/m0/s1. The molecule has 0 saturated heterocycles. The fraction of sp³-hybridized carbons (Fsp3) is 0.440. The van der Waals surface area contributed by atoms with Crippen LogP contribution >= 0.6 is 7.82 Å². The van der Waals surface area contributed by atoms with Crippen molar-refractivity contribution in [1.82, 2.24) is 0 Å². The zero-order chi connectivity index (χ0) is 29.6. The van der Waals surface area contributed by atoms with Gasteiger partial charge in [0, 0.05) is 33.3 Å². The lowest BCUT2D eigenvalue weighted by Crippen LogP contribution is -2.42. The summed E-state index contributed by atoms with van der Waals surface area (Å²) in [6.45, 7) is 4.82. The lowest BCUT2D eigenvalue weighted by Gasteiger charge is -2.33. The number of hydrogen-bond acceptors (Lipinski definition) is 11. The van der Waals surface area contributed by atoms with Gasteiger partial charge in [0.2, 0.25) is 0 Å². The van der Waals surface area contributed by atoms with Crippen LogP contribution in [0.4, 0.5) is 0 Å². The van der Waals surface area contributed by atoms with Gasteiger partial charge in [-0.25, -0.2) is 9.36 Å². The molecule has 0 radical (unpaired) electrons. The van der Waals surface area contributed by atoms with Gasteiger partial charge in [-0.2, -0.15) is 0 Å². The molecule has 0 bridgehead atoms. The minimum Gasteiger partial charge on any atom is -0.462 e. The van der Waals surface area contributed by atoms with Gasteiger partial charge in [0.05, 0.1) is 0 Å². The summed E-state index contributed by atoms with van der Waals surface area (Å²) < 4.78 is 36.6. The Morgan fingerprint density at radius 1 is 1.10 bits per heavy atom. The Hall–Kier alpha value is -3.35. The van der Waals surface area contributed by atoms with Crippen LogP contribution in [-0.2, 0) is 47.2 Å². The maximum atomic E-state index is 11.7. The van der Waals surface area contributed by atoms with Crippen molar-refractivity contribution in [2.45, 2.75) is 64.1 Å². The van der Waals surface area contributed by atoms with Crippen molar-refractivity contribution in [1.29, 1.82) is 0 Å². The van der Waals surface area contributed by atoms with Gasteiger partial charge in [-0.15, -0.1) is 0 Å². The van der Waals surface area contributed by atoms with Gasteiger partial charge in [0.25, 0.3) is 0 Å². The van der Waals surface area contributed by atoms with Crippen molar-refractivity contribution in [3.8, 4) is 0 Å². The molecular weight excluding hydrogens is 539 g/mol. The second-order valence-corrected chi connectivity index (χ2v) is 9.58. The first kappa shape index (κ1) is 33.7. The Morgan fingerprint density at radius 3 is 2.36 bits per heavy atom. The summed E-state index contributed by atoms with van der Waals surface area (Å²) in [5.74, 6) is -2.51. The summed E-state index contributed by atoms with van der Waals surface area (Å²) in [5.41, 5.74) is -2.10. The van der Waals surface area contributed by atoms with E-state index in [1.54, 1.807) is 24.3 Å². The molecule has 0 unspecified atom stereocenters. The molecule has 39 heavy (non-hydrogen) atoms. The molecule has 0 spiro atoms. The first-order chi connectivity index (χ1) is 18.1. The SMILES string of the molecule is CC(=O)OC/C=C/C=C\C=C/[C@@H](C[C@@H](OP(=O)(O)O)[C@](C)(O)/C=C/[C@@H]1OC(=O)C=C[C@@H]1OC(C)=O)OC(C)=O. The zero-order valence-electron chi connectivity index (χ0n) is 21.9. The van der Waals surface area contributed by atoms with E-state index in [1.807, 2.05) is 0 Å². The van der Waals surface area contributed by atoms with Gasteiger partial charge in [0.1, 0.15) is 24.4 Å². The quantitative estimate of drug-likeness (QED) is 0.0897. The molecule has 14 heteroatoms. The Morgan fingerprint density at radius 2 is 1.77 bits per heavy atom. The van der Waals surface area contributed by atoms with E-state index in [1.165, 1.54) is 38.2 Å². The van der Waals surface area contributed by atoms with E-state index < -0.39 is 68.1 Å². The highest BCUT2D eigenvalue weighted by Gasteiger charge is 2.38. The molecule has 1 aliphatic rings. The number of allylic oxidation sites excluding steroid dienone is 4. The first-order valence-electron chi connectivity index (χ1n) is 11.6. The van der Waals surface area contributed by atoms with E-state index in [2.05, 4.69) is 0 Å². The number of phosphoric ester groups is 1. The Kier molecular flexibility index (Phi) is 13.7. The van der Waals surface area contributed by atoms with Gasteiger partial charge in [-0.1, -0.05) is 30.4 Å². The molecule has 0 amide bonds. The lowest BCUT2D eigenvalue weighted by molar-refractivity contribution is -0.158. The normalized spacial score (nSPS) is 21.2. The Bertz CT molecular complexity index is 1060. The molecule has 0 aliphatic carbocycles. The molecule has 13 nitrogen and oxygen atoms in total. The molecule has 0 aromatic rings. The summed E-state index contributed by atoms with van der Waals surface area (Å²) in [6, 6.07) is 0. The van der Waals surface area contributed by atoms with E-state index >= 15 is 0 Å². The predicted octanol–water partition coefficient (Wildman–Crippen LogP) is 1.74. The molecule has 216 valence electrons. The van der Waals surface area contributed by atoms with Crippen LogP contribution in [0.1, 0.15) is 34.1 Å². The molecule has 0 fully saturated rings. The van der Waals surface area contributed by atoms with E-state index in [4.69, 9.17) is 23.5 Å². The number of phosphoric acid groups is 1. The van der Waals surface area contributed by atoms with Gasteiger partial charge in [-0.3, -0.25) is 18.9 Å². The highest BCUT2D eigenvalue weighted by atomic mass is 31.2. The minimum absolute atomic E-state index is 0.0847. The number of carbonyl (C=O) groups is 4. The van der Waals surface area contributed by atoms with Crippen LogP contribution in [0.15, 0.2) is 60.8 Å². The number of esters is 4. The molecule has 1 heterocycles. The molecule has 5 atom stereocenters. The van der Waals surface area contributed by atoms with Crippen LogP contribution in [0, 0.1) is 0 Å². The molecule has 1 aliphatic heterocycles. The maximum absolute atomic E-state index is 11.7. The van der Waals surface area contributed by atoms with E-state index in [0.717, 1.165) is 26.0 Å².